The number of rotatable bonds is 6. The molecule has 0 radical (unpaired) electrons. The third kappa shape index (κ3) is 5.30. The number of hydrogen-bond donors (Lipinski definition) is 1. The summed E-state index contributed by atoms with van der Waals surface area (Å²) in [5.74, 6) is 0.0567. The average molecular weight is 260 g/mol. The lowest BCUT2D eigenvalue weighted by Gasteiger charge is -2.05. The summed E-state index contributed by atoms with van der Waals surface area (Å²) in [5, 5.41) is 0.281. The lowest BCUT2D eigenvalue weighted by molar-refractivity contribution is 0.584. The van der Waals surface area contributed by atoms with Crippen LogP contribution in [-0.2, 0) is 16.4 Å². The van der Waals surface area contributed by atoms with Gasteiger partial charge in [-0.3, -0.25) is 0 Å². The molecule has 0 aliphatic carbocycles. The van der Waals surface area contributed by atoms with Gasteiger partial charge in [-0.25, -0.2) is 13.1 Å². The molecule has 0 bridgehead atoms. The third-order valence-electron chi connectivity index (χ3n) is 1.99. The molecule has 88 valence electrons. The Morgan fingerprint density at radius 3 is 2.50 bits per heavy atom. The maximum absolute atomic E-state index is 11.5. The summed E-state index contributed by atoms with van der Waals surface area (Å²) in [6.07, 6.45) is 0.491. The van der Waals surface area contributed by atoms with E-state index in [0.717, 1.165) is 5.56 Å². The van der Waals surface area contributed by atoms with Crippen LogP contribution in [0.5, 0.6) is 0 Å². The smallest absolute Gasteiger partial charge is 0.212 e. The van der Waals surface area contributed by atoms with E-state index in [1.807, 2.05) is 30.3 Å². The zero-order chi connectivity index (χ0) is 12.0. The number of halogens is 1. The van der Waals surface area contributed by atoms with Crippen LogP contribution in [0.15, 0.2) is 41.9 Å². The second-order valence-corrected chi connectivity index (χ2v) is 5.85. The molecular formula is C11H14ClNO2S. The van der Waals surface area contributed by atoms with Gasteiger partial charge in [0.25, 0.3) is 0 Å². The number of hydrogen-bond acceptors (Lipinski definition) is 2. The Labute approximate surface area is 101 Å². The van der Waals surface area contributed by atoms with E-state index in [4.69, 9.17) is 11.6 Å². The summed E-state index contributed by atoms with van der Waals surface area (Å²) in [6, 6.07) is 9.46. The molecule has 0 fully saturated rings. The molecule has 0 saturated carbocycles. The fourth-order valence-electron chi connectivity index (χ4n) is 1.16. The van der Waals surface area contributed by atoms with E-state index in [1.54, 1.807) is 0 Å². The number of sulfonamides is 1. The summed E-state index contributed by atoms with van der Waals surface area (Å²) in [5.41, 5.74) is 0.998. The first-order valence-corrected chi connectivity index (χ1v) is 6.87. The van der Waals surface area contributed by atoms with Crippen molar-refractivity contribution in [1.82, 2.24) is 4.72 Å². The Bertz CT molecular complexity index is 442. The third-order valence-corrected chi connectivity index (χ3v) is 3.45. The summed E-state index contributed by atoms with van der Waals surface area (Å²) in [6.45, 7) is 3.50. The van der Waals surface area contributed by atoms with Crippen molar-refractivity contribution in [1.29, 1.82) is 0 Å². The standard InChI is InChI=1S/C11H14ClNO2S/c1-10(12)9-13-16(14,15)8-7-11-5-3-2-4-6-11/h2-6,13H,1,7-9H2. The van der Waals surface area contributed by atoms with Gasteiger partial charge in [0.15, 0.2) is 0 Å². The largest absolute Gasteiger partial charge is 0.212 e. The second kappa shape index (κ2) is 6.03. The fourth-order valence-corrected chi connectivity index (χ4v) is 2.35. The van der Waals surface area contributed by atoms with Crippen LogP contribution < -0.4 is 4.72 Å². The van der Waals surface area contributed by atoms with Crippen molar-refractivity contribution in [3.8, 4) is 0 Å². The second-order valence-electron chi connectivity index (χ2n) is 3.39. The fraction of sp³-hybridized carbons (Fsp3) is 0.273. The van der Waals surface area contributed by atoms with E-state index >= 15 is 0 Å². The van der Waals surface area contributed by atoms with Gasteiger partial charge < -0.3 is 0 Å². The van der Waals surface area contributed by atoms with Gasteiger partial charge in [0.1, 0.15) is 0 Å². The molecule has 0 amide bonds. The quantitative estimate of drug-likeness (QED) is 0.848. The maximum Gasteiger partial charge on any atom is 0.212 e. The molecule has 0 aliphatic rings. The SMILES string of the molecule is C=C(Cl)CNS(=O)(=O)CCc1ccccc1. The van der Waals surface area contributed by atoms with Crippen molar-refractivity contribution in [2.75, 3.05) is 12.3 Å². The van der Waals surface area contributed by atoms with Crippen LogP contribution >= 0.6 is 11.6 Å². The first-order valence-electron chi connectivity index (χ1n) is 4.84. The van der Waals surface area contributed by atoms with Crippen molar-refractivity contribution in [3.63, 3.8) is 0 Å². The van der Waals surface area contributed by atoms with Gasteiger partial charge in [-0.1, -0.05) is 48.5 Å². The van der Waals surface area contributed by atoms with E-state index < -0.39 is 10.0 Å². The maximum atomic E-state index is 11.5. The molecule has 0 unspecified atom stereocenters. The molecule has 3 nitrogen and oxygen atoms in total. The van der Waals surface area contributed by atoms with E-state index in [9.17, 15) is 8.42 Å². The molecule has 0 atom stereocenters. The Balaban J connectivity index is 2.45. The Morgan fingerprint density at radius 2 is 1.94 bits per heavy atom. The van der Waals surface area contributed by atoms with E-state index in [1.165, 1.54) is 0 Å². The molecule has 1 aromatic carbocycles. The van der Waals surface area contributed by atoms with Crippen LogP contribution in [0.25, 0.3) is 0 Å². The molecule has 5 heteroatoms. The topological polar surface area (TPSA) is 46.2 Å². The van der Waals surface area contributed by atoms with Crippen molar-refractivity contribution in [2.24, 2.45) is 0 Å². The van der Waals surface area contributed by atoms with Gasteiger partial charge >= 0.3 is 0 Å². The molecular weight excluding hydrogens is 246 g/mol. The zero-order valence-electron chi connectivity index (χ0n) is 8.82. The molecule has 0 spiro atoms. The summed E-state index contributed by atoms with van der Waals surface area (Å²) in [4.78, 5) is 0. The molecule has 0 saturated heterocycles. The molecule has 0 aliphatic heterocycles. The molecule has 1 rings (SSSR count). The minimum absolute atomic E-state index is 0.0567. The molecule has 1 N–H and O–H groups in total. The van der Waals surface area contributed by atoms with Crippen LogP contribution in [0.3, 0.4) is 0 Å². The first-order chi connectivity index (χ1) is 7.49. The van der Waals surface area contributed by atoms with E-state index in [0.29, 0.717) is 6.42 Å². The molecule has 16 heavy (non-hydrogen) atoms. The van der Waals surface area contributed by atoms with Crippen LogP contribution in [0.1, 0.15) is 5.56 Å². The summed E-state index contributed by atoms with van der Waals surface area (Å²) >= 11 is 5.48. The number of aryl methyl sites for hydroxylation is 1. The highest BCUT2D eigenvalue weighted by Crippen LogP contribution is 2.02. The van der Waals surface area contributed by atoms with Crippen LogP contribution in [0.2, 0.25) is 0 Å². The Hall–Kier alpha value is -0.840. The first kappa shape index (κ1) is 13.2. The highest BCUT2D eigenvalue weighted by atomic mass is 35.5. The lowest BCUT2D eigenvalue weighted by atomic mass is 10.2. The normalized spacial score (nSPS) is 11.3. The van der Waals surface area contributed by atoms with Crippen molar-refractivity contribution < 1.29 is 8.42 Å². The number of nitrogens with one attached hydrogen (secondary N) is 1. The Morgan fingerprint density at radius 1 is 1.31 bits per heavy atom. The van der Waals surface area contributed by atoms with Gasteiger partial charge in [0.2, 0.25) is 10.0 Å². The number of benzene rings is 1. The molecule has 0 aromatic heterocycles. The highest BCUT2D eigenvalue weighted by Gasteiger charge is 2.09. The van der Waals surface area contributed by atoms with Crippen molar-refractivity contribution in [2.45, 2.75) is 6.42 Å². The van der Waals surface area contributed by atoms with Gasteiger partial charge in [-0.2, -0.15) is 0 Å². The molecule has 0 heterocycles. The summed E-state index contributed by atoms with van der Waals surface area (Å²) < 4.78 is 25.4. The van der Waals surface area contributed by atoms with Gasteiger partial charge in [-0.05, 0) is 12.0 Å². The van der Waals surface area contributed by atoms with Crippen molar-refractivity contribution in [3.05, 3.63) is 47.5 Å². The van der Waals surface area contributed by atoms with Crippen LogP contribution in [0.4, 0.5) is 0 Å². The minimum Gasteiger partial charge on any atom is -0.212 e. The predicted octanol–water partition coefficient (Wildman–Crippen LogP) is 1.90. The molecule has 1 aromatic rings. The van der Waals surface area contributed by atoms with Crippen LogP contribution in [-0.4, -0.2) is 20.7 Å². The Kier molecular flexibility index (Phi) is 4.99. The summed E-state index contributed by atoms with van der Waals surface area (Å²) in [7, 11) is -3.27. The average Bonchev–Trinajstić information content (AvgIpc) is 2.26. The van der Waals surface area contributed by atoms with Crippen molar-refractivity contribution >= 4 is 21.6 Å². The minimum atomic E-state index is -3.27. The van der Waals surface area contributed by atoms with Crippen LogP contribution in [0, 0.1) is 0 Å². The van der Waals surface area contributed by atoms with E-state index in [2.05, 4.69) is 11.3 Å². The van der Waals surface area contributed by atoms with E-state index in [-0.39, 0.29) is 17.3 Å². The van der Waals surface area contributed by atoms with Gasteiger partial charge in [0.05, 0.1) is 5.75 Å². The highest BCUT2D eigenvalue weighted by molar-refractivity contribution is 7.89. The van der Waals surface area contributed by atoms with Gasteiger partial charge in [-0.15, -0.1) is 0 Å². The lowest BCUT2D eigenvalue weighted by Crippen LogP contribution is -2.28. The monoisotopic (exact) mass is 259 g/mol. The predicted molar refractivity (Wildman–Crippen MR) is 66.9 cm³/mol. The zero-order valence-corrected chi connectivity index (χ0v) is 10.4. The van der Waals surface area contributed by atoms with Gasteiger partial charge in [0, 0.05) is 11.6 Å².